The van der Waals surface area contributed by atoms with E-state index in [1.807, 2.05) is 0 Å². The second kappa shape index (κ2) is 7.35. The fourth-order valence-electron chi connectivity index (χ4n) is 1.80. The van der Waals surface area contributed by atoms with Gasteiger partial charge in [0, 0.05) is 17.3 Å². The maximum atomic E-state index is 11.9. The monoisotopic (exact) mass is 315 g/mol. The van der Waals surface area contributed by atoms with Gasteiger partial charge in [-0.05, 0) is 38.1 Å². The molecule has 120 valence electrons. The molecule has 0 radical (unpaired) electrons. The molecule has 7 heteroatoms. The molecule has 2 aromatic rings. The van der Waals surface area contributed by atoms with Gasteiger partial charge in [-0.2, -0.15) is 4.98 Å². The number of carbonyl (C=O) groups is 2. The van der Waals surface area contributed by atoms with Gasteiger partial charge in [-0.3, -0.25) is 14.9 Å². The summed E-state index contributed by atoms with van der Waals surface area (Å²) in [6.07, 6.45) is 0. The molecule has 0 saturated carbocycles. The second-order valence-corrected chi connectivity index (χ2v) is 4.79. The molecule has 0 aliphatic rings. The molecule has 1 aromatic heterocycles. The number of benzene rings is 1. The molecule has 0 aliphatic carbocycles. The van der Waals surface area contributed by atoms with E-state index in [4.69, 9.17) is 9.47 Å². The maximum absolute atomic E-state index is 11.9. The minimum absolute atomic E-state index is 0.0279. The molecule has 0 spiro atoms. The Morgan fingerprint density at radius 2 is 1.87 bits per heavy atom. The van der Waals surface area contributed by atoms with Gasteiger partial charge in [0.1, 0.15) is 5.75 Å². The minimum Gasteiger partial charge on any atom is -0.484 e. The van der Waals surface area contributed by atoms with Gasteiger partial charge in [0.15, 0.2) is 12.4 Å². The minimum atomic E-state index is -0.395. The number of aromatic nitrogens is 2. The van der Waals surface area contributed by atoms with Gasteiger partial charge in [-0.25, -0.2) is 4.98 Å². The molecule has 1 amide bonds. The summed E-state index contributed by atoms with van der Waals surface area (Å²) < 4.78 is 10.4. The SMILES string of the molecule is COc1cc(C)nc(NC(=O)COc2ccc(C(C)=O)cc2)n1. The predicted molar refractivity (Wildman–Crippen MR) is 83.9 cm³/mol. The van der Waals surface area contributed by atoms with Crippen molar-refractivity contribution < 1.29 is 19.1 Å². The average Bonchev–Trinajstić information content (AvgIpc) is 2.52. The standard InChI is InChI=1S/C16H17N3O4/c1-10-8-15(22-3)19-16(17-10)18-14(21)9-23-13-6-4-12(5-7-13)11(2)20/h4-8H,9H2,1-3H3,(H,17,18,19,21). The summed E-state index contributed by atoms with van der Waals surface area (Å²) in [5.41, 5.74) is 1.26. The Kier molecular flexibility index (Phi) is 5.24. The highest BCUT2D eigenvalue weighted by molar-refractivity contribution is 5.94. The van der Waals surface area contributed by atoms with E-state index >= 15 is 0 Å². The molecule has 7 nitrogen and oxygen atoms in total. The van der Waals surface area contributed by atoms with E-state index in [0.717, 1.165) is 0 Å². The van der Waals surface area contributed by atoms with Crippen LogP contribution >= 0.6 is 0 Å². The number of methoxy groups -OCH3 is 1. The zero-order valence-corrected chi connectivity index (χ0v) is 13.1. The van der Waals surface area contributed by atoms with Gasteiger partial charge in [-0.15, -0.1) is 0 Å². The van der Waals surface area contributed by atoms with Gasteiger partial charge in [0.25, 0.3) is 5.91 Å². The molecule has 1 aromatic carbocycles. The van der Waals surface area contributed by atoms with Gasteiger partial charge >= 0.3 is 0 Å². The first-order valence-electron chi connectivity index (χ1n) is 6.91. The Bertz CT molecular complexity index is 714. The molecule has 0 atom stereocenters. The van der Waals surface area contributed by atoms with E-state index in [-0.39, 0.29) is 18.3 Å². The molecule has 0 aliphatic heterocycles. The third kappa shape index (κ3) is 4.77. The molecule has 0 unspecified atom stereocenters. The Morgan fingerprint density at radius 3 is 2.48 bits per heavy atom. The summed E-state index contributed by atoms with van der Waals surface area (Å²) in [5.74, 6) is 0.594. The fourth-order valence-corrected chi connectivity index (χ4v) is 1.80. The van der Waals surface area contributed by atoms with Gasteiger partial charge < -0.3 is 9.47 Å². The van der Waals surface area contributed by atoms with Crippen LogP contribution in [0.2, 0.25) is 0 Å². The van der Waals surface area contributed by atoms with Crippen molar-refractivity contribution in [3.8, 4) is 11.6 Å². The topological polar surface area (TPSA) is 90.4 Å². The summed E-state index contributed by atoms with van der Waals surface area (Å²) in [6.45, 7) is 3.06. The molecule has 0 saturated heterocycles. The summed E-state index contributed by atoms with van der Waals surface area (Å²) in [6, 6.07) is 8.21. The van der Waals surface area contributed by atoms with E-state index < -0.39 is 5.91 Å². The lowest BCUT2D eigenvalue weighted by atomic mass is 10.1. The Labute approximate surface area is 133 Å². The summed E-state index contributed by atoms with van der Waals surface area (Å²) in [7, 11) is 1.49. The second-order valence-electron chi connectivity index (χ2n) is 4.79. The lowest BCUT2D eigenvalue weighted by molar-refractivity contribution is -0.118. The van der Waals surface area contributed by atoms with Crippen molar-refractivity contribution in [2.24, 2.45) is 0 Å². The number of nitrogens with zero attached hydrogens (tertiary/aromatic N) is 2. The van der Waals surface area contributed by atoms with Gasteiger partial charge in [-0.1, -0.05) is 0 Å². The number of aryl methyl sites for hydroxylation is 1. The molecule has 2 rings (SSSR count). The largest absolute Gasteiger partial charge is 0.484 e. The van der Waals surface area contributed by atoms with Crippen molar-refractivity contribution >= 4 is 17.6 Å². The third-order valence-electron chi connectivity index (χ3n) is 2.92. The van der Waals surface area contributed by atoms with Crippen LogP contribution in [0.3, 0.4) is 0 Å². The van der Waals surface area contributed by atoms with Crippen LogP contribution in [-0.4, -0.2) is 35.4 Å². The quantitative estimate of drug-likeness (QED) is 0.820. The summed E-state index contributed by atoms with van der Waals surface area (Å²) >= 11 is 0. The lowest BCUT2D eigenvalue weighted by Gasteiger charge is -2.08. The molecule has 0 bridgehead atoms. The third-order valence-corrected chi connectivity index (χ3v) is 2.92. The number of Topliss-reactive ketones (excluding diaryl/α,β-unsaturated/α-hetero) is 1. The van der Waals surface area contributed by atoms with Crippen LogP contribution in [0.4, 0.5) is 5.95 Å². The summed E-state index contributed by atoms with van der Waals surface area (Å²) in [5, 5.41) is 2.54. The number of rotatable bonds is 6. The first kappa shape index (κ1) is 16.4. The predicted octanol–water partition coefficient (Wildman–Crippen LogP) is 2.01. The van der Waals surface area contributed by atoms with Gasteiger partial charge in [0.2, 0.25) is 11.8 Å². The van der Waals surface area contributed by atoms with E-state index in [0.29, 0.717) is 22.9 Å². The van der Waals surface area contributed by atoms with Crippen molar-refractivity contribution in [3.63, 3.8) is 0 Å². The smallest absolute Gasteiger partial charge is 0.264 e. The average molecular weight is 315 g/mol. The van der Waals surface area contributed by atoms with E-state index in [9.17, 15) is 9.59 Å². The highest BCUT2D eigenvalue weighted by atomic mass is 16.5. The Hall–Kier alpha value is -2.96. The normalized spacial score (nSPS) is 10.0. The van der Waals surface area contributed by atoms with Gasteiger partial charge in [0.05, 0.1) is 7.11 Å². The number of carbonyl (C=O) groups excluding carboxylic acids is 2. The van der Waals surface area contributed by atoms with Crippen LogP contribution in [0.5, 0.6) is 11.6 Å². The first-order valence-corrected chi connectivity index (χ1v) is 6.91. The van der Waals surface area contributed by atoms with Crippen molar-refractivity contribution in [3.05, 3.63) is 41.6 Å². The van der Waals surface area contributed by atoms with E-state index in [1.165, 1.54) is 14.0 Å². The van der Waals surface area contributed by atoms with E-state index in [2.05, 4.69) is 15.3 Å². The highest BCUT2D eigenvalue weighted by Gasteiger charge is 2.08. The Balaban J connectivity index is 1.92. The maximum Gasteiger partial charge on any atom is 0.264 e. The zero-order valence-electron chi connectivity index (χ0n) is 13.1. The van der Waals surface area contributed by atoms with Crippen LogP contribution in [0.1, 0.15) is 23.0 Å². The number of nitrogens with one attached hydrogen (secondary N) is 1. The number of ether oxygens (including phenoxy) is 2. The molecule has 23 heavy (non-hydrogen) atoms. The number of amides is 1. The van der Waals surface area contributed by atoms with Crippen molar-refractivity contribution in [1.29, 1.82) is 0 Å². The number of anilines is 1. The zero-order chi connectivity index (χ0) is 16.8. The lowest BCUT2D eigenvalue weighted by Crippen LogP contribution is -2.21. The fraction of sp³-hybridized carbons (Fsp3) is 0.250. The molecular formula is C16H17N3O4. The molecule has 1 heterocycles. The van der Waals surface area contributed by atoms with Crippen molar-refractivity contribution in [1.82, 2.24) is 9.97 Å². The van der Waals surface area contributed by atoms with Crippen molar-refractivity contribution in [2.45, 2.75) is 13.8 Å². The van der Waals surface area contributed by atoms with Crippen LogP contribution < -0.4 is 14.8 Å². The van der Waals surface area contributed by atoms with E-state index in [1.54, 1.807) is 37.3 Å². The molecule has 0 fully saturated rings. The van der Waals surface area contributed by atoms with Crippen molar-refractivity contribution in [2.75, 3.05) is 19.0 Å². The highest BCUT2D eigenvalue weighted by Crippen LogP contribution is 2.13. The molecular weight excluding hydrogens is 298 g/mol. The van der Waals surface area contributed by atoms with Crippen LogP contribution in [-0.2, 0) is 4.79 Å². The Morgan fingerprint density at radius 1 is 1.17 bits per heavy atom. The number of ketones is 1. The number of hydrogen-bond donors (Lipinski definition) is 1. The van der Waals surface area contributed by atoms with Crippen LogP contribution in [0.25, 0.3) is 0 Å². The summed E-state index contributed by atoms with van der Waals surface area (Å²) in [4.78, 5) is 31.1. The first-order chi connectivity index (χ1) is 11.0. The number of hydrogen-bond acceptors (Lipinski definition) is 6. The van der Waals surface area contributed by atoms with Crippen LogP contribution in [0.15, 0.2) is 30.3 Å². The molecule has 1 N–H and O–H groups in total. The van der Waals surface area contributed by atoms with Crippen LogP contribution in [0, 0.1) is 6.92 Å².